The average Bonchev–Trinajstić information content (AvgIpc) is 1.85. The first kappa shape index (κ1) is 7.53. The van der Waals surface area contributed by atoms with Gasteiger partial charge in [-0.05, 0) is 6.07 Å². The van der Waals surface area contributed by atoms with Crippen molar-refractivity contribution in [3.63, 3.8) is 0 Å². The SMILES string of the molecule is N=C(N)Cc1cccc(=O)[nH]1. The normalized spacial score (nSPS) is 9.45. The highest BCUT2D eigenvalue weighted by atomic mass is 16.1. The molecule has 11 heavy (non-hydrogen) atoms. The van der Waals surface area contributed by atoms with Crippen LogP contribution in [0.2, 0.25) is 0 Å². The monoisotopic (exact) mass is 151 g/mol. The van der Waals surface area contributed by atoms with Crippen LogP contribution in [0.3, 0.4) is 0 Å². The zero-order valence-corrected chi connectivity index (χ0v) is 5.92. The second-order valence-corrected chi connectivity index (χ2v) is 2.24. The minimum absolute atomic E-state index is 0.0480. The van der Waals surface area contributed by atoms with E-state index in [1.165, 1.54) is 6.07 Å². The second kappa shape index (κ2) is 3.01. The van der Waals surface area contributed by atoms with Crippen LogP contribution in [0.25, 0.3) is 0 Å². The van der Waals surface area contributed by atoms with Gasteiger partial charge in [-0.3, -0.25) is 10.2 Å². The Labute approximate surface area is 63.6 Å². The molecular weight excluding hydrogens is 142 g/mol. The van der Waals surface area contributed by atoms with Crippen molar-refractivity contribution >= 4 is 5.84 Å². The number of nitrogens with two attached hydrogens (primary N) is 1. The molecule has 0 aliphatic rings. The number of H-pyrrole nitrogens is 1. The maximum Gasteiger partial charge on any atom is 0.248 e. The molecule has 0 aliphatic heterocycles. The van der Waals surface area contributed by atoms with Crippen LogP contribution in [0.4, 0.5) is 0 Å². The largest absolute Gasteiger partial charge is 0.387 e. The molecule has 0 atom stereocenters. The minimum atomic E-state index is -0.163. The van der Waals surface area contributed by atoms with E-state index in [1.54, 1.807) is 12.1 Å². The van der Waals surface area contributed by atoms with E-state index in [1.807, 2.05) is 0 Å². The van der Waals surface area contributed by atoms with E-state index >= 15 is 0 Å². The van der Waals surface area contributed by atoms with Crippen LogP contribution in [0.1, 0.15) is 5.69 Å². The van der Waals surface area contributed by atoms with Crippen molar-refractivity contribution in [3.05, 3.63) is 34.2 Å². The standard InChI is InChI=1S/C7H9N3O/c8-6(9)4-5-2-1-3-7(11)10-5/h1-3H,4H2,(H3,8,9)(H,10,11). The Balaban J connectivity index is 2.88. The molecule has 0 aliphatic carbocycles. The van der Waals surface area contributed by atoms with Gasteiger partial charge in [-0.2, -0.15) is 0 Å². The molecule has 4 nitrogen and oxygen atoms in total. The Morgan fingerprint density at radius 1 is 1.64 bits per heavy atom. The van der Waals surface area contributed by atoms with E-state index in [0.29, 0.717) is 12.1 Å². The molecule has 1 rings (SSSR count). The molecule has 4 heteroatoms. The highest BCUT2D eigenvalue weighted by molar-refractivity contribution is 5.78. The molecule has 0 aromatic carbocycles. The first-order chi connectivity index (χ1) is 5.18. The van der Waals surface area contributed by atoms with E-state index in [2.05, 4.69) is 4.98 Å². The Bertz CT molecular complexity index is 315. The first-order valence-electron chi connectivity index (χ1n) is 3.19. The quantitative estimate of drug-likeness (QED) is 0.406. The number of amidine groups is 1. The van der Waals surface area contributed by atoms with Gasteiger partial charge in [-0.15, -0.1) is 0 Å². The third-order valence-electron chi connectivity index (χ3n) is 1.21. The molecule has 0 unspecified atom stereocenters. The lowest BCUT2D eigenvalue weighted by Crippen LogP contribution is -2.16. The Morgan fingerprint density at radius 3 is 2.91 bits per heavy atom. The molecule has 0 fully saturated rings. The number of aromatic nitrogens is 1. The predicted octanol–water partition coefficient (Wildman–Crippen LogP) is -0.147. The maximum absolute atomic E-state index is 10.7. The zero-order chi connectivity index (χ0) is 8.27. The predicted molar refractivity (Wildman–Crippen MR) is 42.7 cm³/mol. The lowest BCUT2D eigenvalue weighted by molar-refractivity contribution is 1.08. The third-order valence-corrected chi connectivity index (χ3v) is 1.21. The van der Waals surface area contributed by atoms with Crippen LogP contribution in [-0.2, 0) is 6.42 Å². The minimum Gasteiger partial charge on any atom is -0.387 e. The summed E-state index contributed by atoms with van der Waals surface area (Å²) in [5.41, 5.74) is 5.64. The summed E-state index contributed by atoms with van der Waals surface area (Å²) in [4.78, 5) is 13.3. The van der Waals surface area contributed by atoms with Gasteiger partial charge in [-0.25, -0.2) is 0 Å². The summed E-state index contributed by atoms with van der Waals surface area (Å²) in [5, 5.41) is 6.96. The number of hydrogen-bond acceptors (Lipinski definition) is 2. The van der Waals surface area contributed by atoms with Crippen molar-refractivity contribution in [2.75, 3.05) is 0 Å². The Morgan fingerprint density at radius 2 is 2.36 bits per heavy atom. The Hall–Kier alpha value is -1.58. The number of aromatic amines is 1. The number of pyridine rings is 1. The van der Waals surface area contributed by atoms with Crippen LogP contribution in [0.15, 0.2) is 23.0 Å². The van der Waals surface area contributed by atoms with Crippen molar-refractivity contribution in [3.8, 4) is 0 Å². The molecular formula is C7H9N3O. The van der Waals surface area contributed by atoms with Crippen molar-refractivity contribution in [2.24, 2.45) is 5.73 Å². The van der Waals surface area contributed by atoms with Gasteiger partial charge in [0.1, 0.15) is 0 Å². The lowest BCUT2D eigenvalue weighted by atomic mass is 10.2. The van der Waals surface area contributed by atoms with Gasteiger partial charge in [0.25, 0.3) is 0 Å². The van der Waals surface area contributed by atoms with Crippen LogP contribution in [0, 0.1) is 5.41 Å². The van der Waals surface area contributed by atoms with Crippen molar-refractivity contribution < 1.29 is 0 Å². The molecule has 0 bridgehead atoms. The first-order valence-corrected chi connectivity index (χ1v) is 3.19. The topological polar surface area (TPSA) is 82.7 Å². The van der Waals surface area contributed by atoms with Gasteiger partial charge in [0.15, 0.2) is 0 Å². The molecule has 0 spiro atoms. The zero-order valence-electron chi connectivity index (χ0n) is 5.92. The van der Waals surface area contributed by atoms with E-state index in [4.69, 9.17) is 11.1 Å². The summed E-state index contributed by atoms with van der Waals surface area (Å²) >= 11 is 0. The van der Waals surface area contributed by atoms with Gasteiger partial charge in [0.05, 0.1) is 5.84 Å². The number of nitrogens with one attached hydrogen (secondary N) is 2. The fourth-order valence-corrected chi connectivity index (χ4v) is 0.802. The molecule has 0 saturated carbocycles. The summed E-state index contributed by atoms with van der Waals surface area (Å²) in [6.45, 7) is 0. The molecule has 58 valence electrons. The van der Waals surface area contributed by atoms with Crippen LogP contribution in [0.5, 0.6) is 0 Å². The third kappa shape index (κ3) is 2.25. The Kier molecular flexibility index (Phi) is 2.06. The summed E-state index contributed by atoms with van der Waals surface area (Å²) in [6, 6.07) is 4.78. The van der Waals surface area contributed by atoms with Gasteiger partial charge in [0.2, 0.25) is 5.56 Å². The van der Waals surface area contributed by atoms with Gasteiger partial charge in [-0.1, -0.05) is 6.07 Å². The van der Waals surface area contributed by atoms with E-state index in [-0.39, 0.29) is 11.4 Å². The van der Waals surface area contributed by atoms with Crippen LogP contribution >= 0.6 is 0 Å². The molecule has 0 saturated heterocycles. The van der Waals surface area contributed by atoms with Crippen molar-refractivity contribution in [2.45, 2.75) is 6.42 Å². The van der Waals surface area contributed by atoms with Crippen molar-refractivity contribution in [1.82, 2.24) is 4.98 Å². The fraction of sp³-hybridized carbons (Fsp3) is 0.143. The highest BCUT2D eigenvalue weighted by Crippen LogP contribution is 1.89. The summed E-state index contributed by atoms with van der Waals surface area (Å²) < 4.78 is 0. The van der Waals surface area contributed by atoms with Crippen LogP contribution in [-0.4, -0.2) is 10.8 Å². The lowest BCUT2D eigenvalue weighted by Gasteiger charge is -1.96. The van der Waals surface area contributed by atoms with E-state index in [9.17, 15) is 4.79 Å². The summed E-state index contributed by atoms with van der Waals surface area (Å²) in [7, 11) is 0. The fourth-order valence-electron chi connectivity index (χ4n) is 0.802. The molecule has 0 amide bonds. The van der Waals surface area contributed by atoms with E-state index < -0.39 is 0 Å². The van der Waals surface area contributed by atoms with Gasteiger partial charge < -0.3 is 10.7 Å². The van der Waals surface area contributed by atoms with Crippen molar-refractivity contribution in [1.29, 1.82) is 5.41 Å². The molecule has 1 heterocycles. The summed E-state index contributed by atoms with van der Waals surface area (Å²) in [5.74, 6) is 0.0480. The number of rotatable bonds is 2. The smallest absolute Gasteiger partial charge is 0.248 e. The molecule has 1 aromatic heterocycles. The summed E-state index contributed by atoms with van der Waals surface area (Å²) in [6.07, 6.45) is 0.302. The van der Waals surface area contributed by atoms with Gasteiger partial charge >= 0.3 is 0 Å². The maximum atomic E-state index is 10.7. The molecule has 1 aromatic rings. The van der Waals surface area contributed by atoms with E-state index in [0.717, 1.165) is 0 Å². The highest BCUT2D eigenvalue weighted by Gasteiger charge is 1.93. The average molecular weight is 151 g/mol. The van der Waals surface area contributed by atoms with Gasteiger partial charge in [0, 0.05) is 18.2 Å². The molecule has 0 radical (unpaired) electrons. The second-order valence-electron chi connectivity index (χ2n) is 2.24. The van der Waals surface area contributed by atoms with Crippen LogP contribution < -0.4 is 11.3 Å². The molecule has 4 N–H and O–H groups in total. The number of hydrogen-bond donors (Lipinski definition) is 3.